The van der Waals surface area contributed by atoms with Crippen molar-refractivity contribution in [1.29, 1.82) is 0 Å². The molecule has 0 aliphatic carbocycles. The lowest BCUT2D eigenvalue weighted by molar-refractivity contribution is -0.0366. The molecule has 1 aliphatic heterocycles. The molecule has 0 saturated carbocycles. The predicted molar refractivity (Wildman–Crippen MR) is 117 cm³/mol. The Bertz CT molecular complexity index is 1140. The van der Waals surface area contributed by atoms with Gasteiger partial charge in [-0.05, 0) is 31.4 Å². The van der Waals surface area contributed by atoms with Gasteiger partial charge in [0.2, 0.25) is 0 Å². The Morgan fingerprint density at radius 1 is 0.933 bits per heavy atom. The van der Waals surface area contributed by atoms with Gasteiger partial charge in [-0.3, -0.25) is 0 Å². The molecule has 1 fully saturated rings. The van der Waals surface area contributed by atoms with Gasteiger partial charge in [0.25, 0.3) is 0 Å². The van der Waals surface area contributed by atoms with E-state index < -0.39 is 0 Å². The first-order valence-corrected chi connectivity index (χ1v) is 10.3. The Labute approximate surface area is 174 Å². The topological polar surface area (TPSA) is 39.4 Å². The van der Waals surface area contributed by atoms with Crippen LogP contribution in [0.15, 0.2) is 84.0 Å². The number of aromatic nitrogens is 2. The van der Waals surface area contributed by atoms with Gasteiger partial charge in [0.1, 0.15) is 5.69 Å². The van der Waals surface area contributed by atoms with E-state index in [1.807, 2.05) is 66.7 Å². The smallest absolute Gasteiger partial charge is 0.159 e. The van der Waals surface area contributed by atoms with E-state index in [1.54, 1.807) is 16.9 Å². The van der Waals surface area contributed by atoms with Gasteiger partial charge in [-0.1, -0.05) is 60.7 Å². The highest BCUT2D eigenvalue weighted by atomic mass is 19.1. The second kappa shape index (κ2) is 8.20. The average molecular weight is 399 g/mol. The van der Waals surface area contributed by atoms with Crippen LogP contribution in [0.25, 0.3) is 10.9 Å². The van der Waals surface area contributed by atoms with Gasteiger partial charge in [-0.15, -0.1) is 0 Å². The summed E-state index contributed by atoms with van der Waals surface area (Å²) < 4.78 is 23.1. The Kier molecular flexibility index (Phi) is 5.11. The van der Waals surface area contributed by atoms with Crippen LogP contribution >= 0.6 is 0 Å². The second-order valence-electron chi connectivity index (χ2n) is 7.43. The van der Waals surface area contributed by atoms with Crippen molar-refractivity contribution in [3.63, 3.8) is 0 Å². The Morgan fingerprint density at radius 2 is 1.63 bits per heavy atom. The quantitative estimate of drug-likeness (QED) is 0.392. The third-order valence-corrected chi connectivity index (χ3v) is 5.45. The minimum Gasteiger partial charge on any atom is -0.356 e. The molecule has 3 aromatic carbocycles. The van der Waals surface area contributed by atoms with E-state index in [-0.39, 0.29) is 12.0 Å². The van der Waals surface area contributed by atoms with Crippen molar-refractivity contribution in [2.75, 3.05) is 6.61 Å². The van der Waals surface area contributed by atoms with E-state index in [0.717, 1.165) is 41.6 Å². The number of fused-ring (bicyclic) bond motifs is 1. The van der Waals surface area contributed by atoms with Crippen LogP contribution in [0.1, 0.15) is 36.6 Å². The molecule has 1 atom stereocenters. The normalized spacial score (nSPS) is 16.5. The van der Waals surface area contributed by atoms with Gasteiger partial charge >= 0.3 is 0 Å². The SMILES string of the molecule is Fc1c(N=C(c2ccccc2)c2ccccc2)ccc2c1cnn2C1CCCCO1. The zero-order chi connectivity index (χ0) is 20.3. The Hall–Kier alpha value is -3.31. The van der Waals surface area contributed by atoms with Gasteiger partial charge in [0.15, 0.2) is 12.0 Å². The summed E-state index contributed by atoms with van der Waals surface area (Å²) in [4.78, 5) is 4.74. The maximum absolute atomic E-state index is 15.4. The maximum Gasteiger partial charge on any atom is 0.159 e. The van der Waals surface area contributed by atoms with Gasteiger partial charge in [0.05, 0.1) is 22.8 Å². The van der Waals surface area contributed by atoms with Crippen molar-refractivity contribution in [3.05, 3.63) is 95.9 Å². The van der Waals surface area contributed by atoms with Gasteiger partial charge < -0.3 is 4.74 Å². The molecule has 0 bridgehead atoms. The van der Waals surface area contributed by atoms with Crippen molar-refractivity contribution in [1.82, 2.24) is 9.78 Å². The first-order chi connectivity index (χ1) is 14.8. The third kappa shape index (κ3) is 3.53. The largest absolute Gasteiger partial charge is 0.356 e. The number of benzene rings is 3. The number of rotatable bonds is 4. The van der Waals surface area contributed by atoms with Gasteiger partial charge in [-0.2, -0.15) is 5.10 Å². The van der Waals surface area contributed by atoms with Crippen molar-refractivity contribution in [2.45, 2.75) is 25.5 Å². The minimum absolute atomic E-state index is 0.130. The zero-order valence-electron chi connectivity index (χ0n) is 16.5. The monoisotopic (exact) mass is 399 g/mol. The fourth-order valence-corrected chi connectivity index (χ4v) is 3.92. The highest BCUT2D eigenvalue weighted by molar-refractivity contribution is 6.14. The molecule has 4 aromatic rings. The van der Waals surface area contributed by atoms with Crippen LogP contribution in [0.4, 0.5) is 10.1 Å². The molecule has 1 unspecified atom stereocenters. The maximum atomic E-state index is 15.4. The molecule has 1 aliphatic rings. The minimum atomic E-state index is -0.362. The average Bonchev–Trinajstić information content (AvgIpc) is 3.25. The highest BCUT2D eigenvalue weighted by Gasteiger charge is 2.20. The first-order valence-electron chi connectivity index (χ1n) is 10.3. The summed E-state index contributed by atoms with van der Waals surface area (Å²) in [5.74, 6) is -0.362. The fraction of sp³-hybridized carbons (Fsp3) is 0.200. The second-order valence-corrected chi connectivity index (χ2v) is 7.43. The van der Waals surface area contributed by atoms with Crippen LogP contribution in [0.3, 0.4) is 0 Å². The molecule has 30 heavy (non-hydrogen) atoms. The highest BCUT2D eigenvalue weighted by Crippen LogP contribution is 2.31. The van der Waals surface area contributed by atoms with Crippen LogP contribution in [0, 0.1) is 5.82 Å². The van der Waals surface area contributed by atoms with Crippen molar-refractivity contribution in [2.24, 2.45) is 4.99 Å². The van der Waals surface area contributed by atoms with Crippen LogP contribution < -0.4 is 0 Å². The van der Waals surface area contributed by atoms with Gasteiger partial charge in [0, 0.05) is 17.7 Å². The lowest BCUT2D eigenvalue weighted by Gasteiger charge is -2.23. The van der Waals surface area contributed by atoms with E-state index in [1.165, 1.54) is 0 Å². The summed E-state index contributed by atoms with van der Waals surface area (Å²) in [6.07, 6.45) is 4.49. The van der Waals surface area contributed by atoms with E-state index in [2.05, 4.69) is 5.10 Å². The molecule has 1 aromatic heterocycles. The third-order valence-electron chi connectivity index (χ3n) is 5.45. The molecule has 5 heteroatoms. The standard InChI is InChI=1S/C25H22FN3O/c26-24-20-17-27-29(23-13-7-8-16-30-23)22(20)15-14-21(24)28-25(18-9-3-1-4-10-18)19-11-5-2-6-12-19/h1-6,9-12,14-15,17,23H,7-8,13,16H2. The van der Waals surface area contributed by atoms with Gasteiger partial charge in [-0.25, -0.2) is 14.1 Å². The number of hydrogen-bond donors (Lipinski definition) is 0. The fourth-order valence-electron chi connectivity index (χ4n) is 3.92. The number of aliphatic imine (C=N–C) groups is 1. The lowest BCUT2D eigenvalue weighted by atomic mass is 10.0. The zero-order valence-corrected chi connectivity index (χ0v) is 16.5. The molecule has 5 rings (SSSR count). The number of halogens is 1. The van der Waals surface area contributed by atoms with Crippen LogP contribution in [-0.4, -0.2) is 22.1 Å². The molecule has 0 N–H and O–H groups in total. The van der Waals surface area contributed by atoms with Crippen molar-refractivity contribution < 1.29 is 9.13 Å². The van der Waals surface area contributed by atoms with Crippen LogP contribution in [-0.2, 0) is 4.74 Å². The van der Waals surface area contributed by atoms with E-state index in [0.29, 0.717) is 17.7 Å². The number of nitrogens with zero attached hydrogens (tertiary/aromatic N) is 3. The van der Waals surface area contributed by atoms with E-state index in [9.17, 15) is 0 Å². The molecule has 150 valence electrons. The summed E-state index contributed by atoms with van der Waals surface area (Å²) in [6, 6.07) is 23.3. The van der Waals surface area contributed by atoms with Crippen molar-refractivity contribution >= 4 is 22.3 Å². The molecule has 0 amide bonds. The van der Waals surface area contributed by atoms with Crippen LogP contribution in [0.5, 0.6) is 0 Å². The summed E-state index contributed by atoms with van der Waals surface area (Å²) in [5, 5.41) is 4.88. The first kappa shape index (κ1) is 18.7. The summed E-state index contributed by atoms with van der Waals surface area (Å²) in [6.45, 7) is 0.717. The molecule has 0 spiro atoms. The molecular formula is C25H22FN3O. The van der Waals surface area contributed by atoms with E-state index >= 15 is 4.39 Å². The Balaban J connectivity index is 1.60. The molecule has 2 heterocycles. The predicted octanol–water partition coefficient (Wildman–Crippen LogP) is 6.04. The lowest BCUT2D eigenvalue weighted by Crippen LogP contribution is -2.18. The summed E-state index contributed by atoms with van der Waals surface area (Å²) in [5.41, 5.74) is 3.65. The number of ether oxygens (including phenoxy) is 1. The molecule has 1 saturated heterocycles. The van der Waals surface area contributed by atoms with Crippen molar-refractivity contribution in [3.8, 4) is 0 Å². The molecule has 4 nitrogen and oxygen atoms in total. The summed E-state index contributed by atoms with van der Waals surface area (Å²) >= 11 is 0. The van der Waals surface area contributed by atoms with Crippen LogP contribution in [0.2, 0.25) is 0 Å². The number of hydrogen-bond acceptors (Lipinski definition) is 3. The Morgan fingerprint density at radius 3 is 2.27 bits per heavy atom. The summed E-state index contributed by atoms with van der Waals surface area (Å²) in [7, 11) is 0. The van der Waals surface area contributed by atoms with E-state index in [4.69, 9.17) is 9.73 Å². The molecule has 0 radical (unpaired) electrons. The molecular weight excluding hydrogens is 377 g/mol.